The minimum absolute atomic E-state index is 0.112. The highest BCUT2D eigenvalue weighted by Gasteiger charge is 2.43. The van der Waals surface area contributed by atoms with Gasteiger partial charge in [-0.2, -0.15) is 0 Å². The predicted octanol–water partition coefficient (Wildman–Crippen LogP) is 1.82. The van der Waals surface area contributed by atoms with Crippen LogP contribution in [0.2, 0.25) is 0 Å². The average molecular weight is 312 g/mol. The minimum atomic E-state index is 0.112. The first-order valence-corrected chi connectivity index (χ1v) is 8.06. The Kier molecular flexibility index (Phi) is 4.17. The van der Waals surface area contributed by atoms with Crippen LogP contribution in [0.1, 0.15) is 18.4 Å². The van der Waals surface area contributed by atoms with Crippen LogP contribution in [0.4, 0.5) is 5.82 Å². The highest BCUT2D eigenvalue weighted by molar-refractivity contribution is 5.40. The molecule has 3 atom stereocenters. The summed E-state index contributed by atoms with van der Waals surface area (Å²) in [5.41, 5.74) is 1.15. The molecule has 1 saturated carbocycles. The number of nitrogens with zero attached hydrogens (tertiary/aromatic N) is 4. The van der Waals surface area contributed by atoms with Gasteiger partial charge >= 0.3 is 0 Å². The van der Waals surface area contributed by atoms with Crippen LogP contribution in [0.25, 0.3) is 0 Å². The second kappa shape index (κ2) is 6.60. The monoisotopic (exact) mass is 312 g/mol. The molecule has 0 radical (unpaired) electrons. The normalized spacial score (nSPS) is 27.0. The number of aromatic nitrogens is 3. The molecule has 0 aromatic carbocycles. The summed E-state index contributed by atoms with van der Waals surface area (Å²) in [6, 6.07) is 6.28. The van der Waals surface area contributed by atoms with Gasteiger partial charge in [-0.25, -0.2) is 9.97 Å². The van der Waals surface area contributed by atoms with E-state index in [1.807, 2.05) is 18.2 Å². The molecule has 0 bridgehead atoms. The van der Waals surface area contributed by atoms with Gasteiger partial charge in [0.2, 0.25) is 0 Å². The zero-order chi connectivity index (χ0) is 15.5. The Labute approximate surface area is 135 Å². The first-order valence-electron chi connectivity index (χ1n) is 8.06. The third-order valence-electron chi connectivity index (χ3n) is 4.61. The molecule has 2 aromatic heterocycles. The van der Waals surface area contributed by atoms with Crippen molar-refractivity contribution < 1.29 is 9.47 Å². The van der Waals surface area contributed by atoms with Gasteiger partial charge in [-0.3, -0.25) is 4.98 Å². The zero-order valence-corrected chi connectivity index (χ0v) is 12.9. The Morgan fingerprint density at radius 3 is 2.83 bits per heavy atom. The third kappa shape index (κ3) is 3.04. The molecule has 2 aromatic rings. The number of hydrogen-bond acceptors (Lipinski definition) is 6. The van der Waals surface area contributed by atoms with Crippen LogP contribution in [-0.4, -0.2) is 46.4 Å². The van der Waals surface area contributed by atoms with E-state index in [1.165, 1.54) is 0 Å². The summed E-state index contributed by atoms with van der Waals surface area (Å²) < 4.78 is 12.2. The highest BCUT2D eigenvalue weighted by atomic mass is 16.5. The number of hydrogen-bond donors (Lipinski definition) is 0. The second-order valence-electron chi connectivity index (χ2n) is 5.95. The van der Waals surface area contributed by atoms with Gasteiger partial charge in [-0.1, -0.05) is 0 Å². The zero-order valence-electron chi connectivity index (χ0n) is 12.9. The van der Waals surface area contributed by atoms with E-state index < -0.39 is 0 Å². The van der Waals surface area contributed by atoms with E-state index >= 15 is 0 Å². The molecule has 2 aliphatic rings. The SMILES string of the molecule is c1cc(CO[C@@H]2CC[C@@H]3[C@@H]2OCCN3c2ccncn2)ccn1. The molecule has 1 aliphatic carbocycles. The lowest BCUT2D eigenvalue weighted by Gasteiger charge is -2.39. The molecule has 4 rings (SSSR count). The number of ether oxygens (including phenoxy) is 2. The minimum Gasteiger partial charge on any atom is -0.372 e. The first-order chi connectivity index (χ1) is 11.4. The van der Waals surface area contributed by atoms with Crippen LogP contribution >= 0.6 is 0 Å². The molecule has 3 heterocycles. The maximum absolute atomic E-state index is 6.13. The van der Waals surface area contributed by atoms with Crippen LogP contribution in [0.15, 0.2) is 43.1 Å². The molecular formula is C17H20N4O2. The van der Waals surface area contributed by atoms with Gasteiger partial charge in [-0.15, -0.1) is 0 Å². The van der Waals surface area contributed by atoms with E-state index in [4.69, 9.17) is 9.47 Å². The van der Waals surface area contributed by atoms with Gasteiger partial charge in [0.25, 0.3) is 0 Å². The standard InChI is InChI=1S/C17H20N4O2/c1-2-15(23-11-13-3-6-18-7-4-13)17-14(1)21(9-10-22-17)16-5-8-19-12-20-16/h3-8,12,14-15,17H,1-2,9-11H2/t14-,15-,17+/m1/s1. The smallest absolute Gasteiger partial charge is 0.132 e. The van der Waals surface area contributed by atoms with Gasteiger partial charge in [0.15, 0.2) is 0 Å². The summed E-state index contributed by atoms with van der Waals surface area (Å²) >= 11 is 0. The molecule has 1 saturated heterocycles. The van der Waals surface area contributed by atoms with E-state index in [0.29, 0.717) is 19.3 Å². The maximum Gasteiger partial charge on any atom is 0.132 e. The lowest BCUT2D eigenvalue weighted by Crippen LogP contribution is -2.52. The molecule has 2 fully saturated rings. The van der Waals surface area contributed by atoms with Crippen molar-refractivity contribution >= 4 is 5.82 Å². The predicted molar refractivity (Wildman–Crippen MR) is 85.0 cm³/mol. The maximum atomic E-state index is 6.13. The fraction of sp³-hybridized carbons (Fsp3) is 0.471. The average Bonchev–Trinajstić information content (AvgIpc) is 3.05. The summed E-state index contributed by atoms with van der Waals surface area (Å²) in [6.07, 6.45) is 9.32. The number of rotatable bonds is 4. The van der Waals surface area contributed by atoms with Gasteiger partial charge in [0.05, 0.1) is 25.4 Å². The van der Waals surface area contributed by atoms with E-state index in [-0.39, 0.29) is 12.2 Å². The van der Waals surface area contributed by atoms with Crippen LogP contribution in [0, 0.1) is 0 Å². The topological polar surface area (TPSA) is 60.4 Å². The summed E-state index contributed by atoms with van der Waals surface area (Å²) in [5, 5.41) is 0. The largest absolute Gasteiger partial charge is 0.372 e. The van der Waals surface area contributed by atoms with Crippen LogP contribution in [0.3, 0.4) is 0 Å². The Bertz CT molecular complexity index is 625. The molecule has 0 N–H and O–H groups in total. The third-order valence-corrected chi connectivity index (χ3v) is 4.61. The second-order valence-corrected chi connectivity index (χ2v) is 5.95. The van der Waals surface area contributed by atoms with Crippen molar-refractivity contribution in [3.05, 3.63) is 48.7 Å². The summed E-state index contributed by atoms with van der Waals surface area (Å²) in [5.74, 6) is 0.980. The summed E-state index contributed by atoms with van der Waals surface area (Å²) in [4.78, 5) is 14.8. The Hall–Kier alpha value is -2.05. The van der Waals surface area contributed by atoms with Crippen LogP contribution < -0.4 is 4.90 Å². The molecule has 23 heavy (non-hydrogen) atoms. The fourth-order valence-electron chi connectivity index (χ4n) is 3.51. The molecule has 1 aliphatic heterocycles. The quantitative estimate of drug-likeness (QED) is 0.858. The highest BCUT2D eigenvalue weighted by Crippen LogP contribution is 2.34. The van der Waals surface area contributed by atoms with Crippen LogP contribution in [0.5, 0.6) is 0 Å². The molecule has 120 valence electrons. The van der Waals surface area contributed by atoms with Crippen molar-refractivity contribution in [2.75, 3.05) is 18.1 Å². The van der Waals surface area contributed by atoms with Crippen molar-refractivity contribution in [1.29, 1.82) is 0 Å². The Morgan fingerprint density at radius 1 is 1.13 bits per heavy atom. The molecule has 0 amide bonds. The summed E-state index contributed by atoms with van der Waals surface area (Å²) in [6.45, 7) is 2.18. The Balaban J connectivity index is 1.43. The van der Waals surface area contributed by atoms with E-state index in [1.54, 1.807) is 24.9 Å². The fourth-order valence-corrected chi connectivity index (χ4v) is 3.51. The number of anilines is 1. The van der Waals surface area contributed by atoms with Gasteiger partial charge in [-0.05, 0) is 36.6 Å². The lowest BCUT2D eigenvalue weighted by molar-refractivity contribution is -0.0771. The summed E-state index contributed by atoms with van der Waals surface area (Å²) in [7, 11) is 0. The van der Waals surface area contributed by atoms with Crippen molar-refractivity contribution in [1.82, 2.24) is 15.0 Å². The van der Waals surface area contributed by atoms with Crippen molar-refractivity contribution in [2.24, 2.45) is 0 Å². The molecule has 0 unspecified atom stereocenters. The van der Waals surface area contributed by atoms with Crippen molar-refractivity contribution in [3.8, 4) is 0 Å². The number of pyridine rings is 1. The molecule has 0 spiro atoms. The first kappa shape index (κ1) is 14.5. The molecule has 6 heteroatoms. The van der Waals surface area contributed by atoms with Gasteiger partial charge in [0.1, 0.15) is 18.2 Å². The molecule has 6 nitrogen and oxygen atoms in total. The van der Waals surface area contributed by atoms with Gasteiger partial charge in [0, 0.05) is 25.1 Å². The number of fused-ring (bicyclic) bond motifs is 1. The van der Waals surface area contributed by atoms with E-state index in [9.17, 15) is 0 Å². The van der Waals surface area contributed by atoms with E-state index in [0.717, 1.165) is 30.8 Å². The van der Waals surface area contributed by atoms with Gasteiger partial charge < -0.3 is 14.4 Å². The van der Waals surface area contributed by atoms with E-state index in [2.05, 4.69) is 19.9 Å². The molecular weight excluding hydrogens is 292 g/mol. The lowest BCUT2D eigenvalue weighted by atomic mass is 10.1. The van der Waals surface area contributed by atoms with Crippen molar-refractivity contribution in [2.45, 2.75) is 37.7 Å². The van der Waals surface area contributed by atoms with Crippen molar-refractivity contribution in [3.63, 3.8) is 0 Å². The van der Waals surface area contributed by atoms with Crippen LogP contribution in [-0.2, 0) is 16.1 Å². The number of morpholine rings is 1. The Morgan fingerprint density at radius 2 is 2.00 bits per heavy atom.